The second-order valence-electron chi connectivity index (χ2n) is 11.3. The number of amides is 4. The van der Waals surface area contributed by atoms with Crippen LogP contribution in [0.15, 0.2) is 66.7 Å². The number of primary amides is 1. The minimum absolute atomic E-state index is 0.00531. The summed E-state index contributed by atoms with van der Waals surface area (Å²) in [5, 5.41) is 37.0. The molecule has 4 atom stereocenters. The van der Waals surface area contributed by atoms with Crippen LogP contribution in [-0.2, 0) is 6.42 Å². The van der Waals surface area contributed by atoms with E-state index in [4.69, 9.17) is 5.73 Å². The average molecular weight is 664 g/mol. The van der Waals surface area contributed by atoms with Crippen molar-refractivity contribution in [3.05, 3.63) is 106 Å². The summed E-state index contributed by atoms with van der Waals surface area (Å²) in [4.78, 5) is 53.6. The van der Waals surface area contributed by atoms with E-state index in [2.05, 4.69) is 10.6 Å². The van der Waals surface area contributed by atoms with Gasteiger partial charge in [-0.25, -0.2) is 8.78 Å². The van der Waals surface area contributed by atoms with Crippen molar-refractivity contribution in [2.45, 2.75) is 63.8 Å². The number of hydrogen-bond donors (Lipinski definition) is 5. The number of rotatable bonds is 16. The predicted molar refractivity (Wildman–Crippen MR) is 173 cm³/mol. The largest absolute Gasteiger partial charge is 0.388 e. The van der Waals surface area contributed by atoms with E-state index in [1.54, 1.807) is 23.1 Å². The molecule has 0 radical (unpaired) electrons. The first-order valence-corrected chi connectivity index (χ1v) is 15.5. The first kappa shape index (κ1) is 37.3. The van der Waals surface area contributed by atoms with Gasteiger partial charge in [-0.2, -0.15) is 5.26 Å². The molecule has 0 aliphatic rings. The van der Waals surface area contributed by atoms with Crippen molar-refractivity contribution in [1.29, 1.82) is 5.26 Å². The average Bonchev–Trinajstić information content (AvgIpc) is 3.06. The number of nitrogens with one attached hydrogen (secondary N) is 2. The molecule has 0 spiro atoms. The Morgan fingerprint density at radius 2 is 1.31 bits per heavy atom. The zero-order valence-corrected chi connectivity index (χ0v) is 26.7. The van der Waals surface area contributed by atoms with Crippen LogP contribution in [0.4, 0.5) is 8.78 Å². The van der Waals surface area contributed by atoms with Crippen molar-refractivity contribution in [3.63, 3.8) is 0 Å². The molecule has 48 heavy (non-hydrogen) atoms. The molecule has 0 bridgehead atoms. The number of carbonyl (C=O) groups excluding carboxylic acids is 4. The predicted octanol–water partition coefficient (Wildman–Crippen LogP) is 3.10. The molecule has 0 aromatic heterocycles. The topological polar surface area (TPSA) is 186 Å². The summed E-state index contributed by atoms with van der Waals surface area (Å²) >= 11 is 0. The van der Waals surface area contributed by atoms with Gasteiger partial charge in [0, 0.05) is 41.4 Å². The lowest BCUT2D eigenvalue weighted by Gasteiger charge is -2.32. The second-order valence-corrected chi connectivity index (χ2v) is 11.3. The highest BCUT2D eigenvalue weighted by Gasteiger charge is 2.35. The normalized spacial score (nSPS) is 13.4. The molecular weight excluding hydrogens is 624 g/mol. The highest BCUT2D eigenvalue weighted by atomic mass is 19.1. The molecule has 3 rings (SSSR count). The molecule has 0 aliphatic carbocycles. The minimum Gasteiger partial charge on any atom is -0.388 e. The summed E-state index contributed by atoms with van der Waals surface area (Å²) in [5.41, 5.74) is 5.42. The third-order valence-corrected chi connectivity index (χ3v) is 7.53. The second kappa shape index (κ2) is 17.7. The Hall–Kier alpha value is -5.19. The Balaban J connectivity index is 1.99. The van der Waals surface area contributed by atoms with Gasteiger partial charge in [0.1, 0.15) is 23.8 Å². The zero-order chi connectivity index (χ0) is 35.4. The number of nitrogens with zero attached hydrogens (tertiary/aromatic N) is 2. The fourth-order valence-electron chi connectivity index (χ4n) is 5.23. The zero-order valence-electron chi connectivity index (χ0n) is 26.7. The maximum Gasteiger partial charge on any atom is 0.253 e. The van der Waals surface area contributed by atoms with Gasteiger partial charge < -0.3 is 31.5 Å². The molecule has 0 fully saturated rings. The summed E-state index contributed by atoms with van der Waals surface area (Å²) in [7, 11) is 0. The molecule has 6 N–H and O–H groups in total. The van der Waals surface area contributed by atoms with Gasteiger partial charge in [-0.05, 0) is 67.3 Å². The summed E-state index contributed by atoms with van der Waals surface area (Å²) < 4.78 is 28.2. The lowest BCUT2D eigenvalue weighted by molar-refractivity contribution is -0.0212. The van der Waals surface area contributed by atoms with Crippen molar-refractivity contribution >= 4 is 23.6 Å². The standard InChI is InChI=1S/C35H39F2N5O6/c1-3-12-42(13-4-2)35(48)25-18-23(32(39)45)17-24(19-25)34(47)41-29(16-21-14-26(36)20-27(37)15-21)31(44)30(43)28(10-11-38)40-33(46)22-8-6-5-7-9-22/h5-9,14-15,17-20,28-31,43-44H,3-4,10,12-13,16H2,1-2H3,(H2,39,45)(H,40,46)(H,41,47)/t28-,29+,30+,31+/m0/s1. The van der Waals surface area contributed by atoms with Crippen LogP contribution in [0, 0.1) is 23.0 Å². The quantitative estimate of drug-likeness (QED) is 0.156. The fourth-order valence-corrected chi connectivity index (χ4v) is 5.23. The number of benzene rings is 3. The fraction of sp³-hybridized carbons (Fsp3) is 0.343. The van der Waals surface area contributed by atoms with Crippen LogP contribution in [-0.4, -0.2) is 76.1 Å². The number of hydrogen-bond acceptors (Lipinski definition) is 7. The van der Waals surface area contributed by atoms with Gasteiger partial charge in [0.15, 0.2) is 0 Å². The van der Waals surface area contributed by atoms with E-state index in [0.29, 0.717) is 32.0 Å². The Morgan fingerprint density at radius 3 is 1.88 bits per heavy atom. The number of carbonyl (C=O) groups is 4. The lowest BCUT2D eigenvalue weighted by Crippen LogP contribution is -2.56. The van der Waals surface area contributed by atoms with Gasteiger partial charge in [0.05, 0.1) is 24.6 Å². The molecular formula is C35H39F2N5O6. The number of nitriles is 1. The summed E-state index contributed by atoms with van der Waals surface area (Å²) in [6.07, 6.45) is -3.28. The molecule has 3 aromatic carbocycles. The minimum atomic E-state index is -1.90. The molecule has 3 aromatic rings. The Bertz CT molecular complexity index is 1620. The number of halogens is 2. The van der Waals surface area contributed by atoms with E-state index < -0.39 is 72.4 Å². The molecule has 4 amide bonds. The van der Waals surface area contributed by atoms with Crippen LogP contribution in [0.25, 0.3) is 0 Å². The first-order valence-electron chi connectivity index (χ1n) is 15.5. The van der Waals surface area contributed by atoms with E-state index in [9.17, 15) is 43.4 Å². The maximum absolute atomic E-state index is 14.1. The third kappa shape index (κ3) is 10.2. The molecule has 13 heteroatoms. The van der Waals surface area contributed by atoms with Crippen molar-refractivity contribution in [3.8, 4) is 6.07 Å². The molecule has 0 saturated carbocycles. The Morgan fingerprint density at radius 1 is 0.792 bits per heavy atom. The smallest absolute Gasteiger partial charge is 0.253 e. The van der Waals surface area contributed by atoms with Crippen LogP contribution in [0.3, 0.4) is 0 Å². The van der Waals surface area contributed by atoms with Crippen molar-refractivity contribution in [2.75, 3.05) is 13.1 Å². The molecule has 0 aliphatic heterocycles. The van der Waals surface area contributed by atoms with Crippen LogP contribution in [0.2, 0.25) is 0 Å². The van der Waals surface area contributed by atoms with E-state index in [1.165, 1.54) is 24.3 Å². The van der Waals surface area contributed by atoms with Gasteiger partial charge in [0.2, 0.25) is 5.91 Å². The monoisotopic (exact) mass is 663 g/mol. The van der Waals surface area contributed by atoms with E-state index >= 15 is 0 Å². The highest BCUT2D eigenvalue weighted by molar-refractivity contribution is 6.04. The van der Waals surface area contributed by atoms with Crippen LogP contribution in [0.1, 0.15) is 80.1 Å². The maximum atomic E-state index is 14.1. The first-order chi connectivity index (χ1) is 22.9. The van der Waals surface area contributed by atoms with E-state index in [1.807, 2.05) is 19.9 Å². The van der Waals surface area contributed by atoms with Crippen molar-refractivity contribution in [1.82, 2.24) is 15.5 Å². The summed E-state index contributed by atoms with van der Waals surface area (Å²) in [6.45, 7) is 4.65. The number of aliphatic hydroxyl groups is 2. The van der Waals surface area contributed by atoms with Crippen molar-refractivity contribution in [2.24, 2.45) is 5.73 Å². The van der Waals surface area contributed by atoms with Crippen LogP contribution in [0.5, 0.6) is 0 Å². The Kier molecular flexibility index (Phi) is 13.7. The molecule has 0 heterocycles. The van der Waals surface area contributed by atoms with Gasteiger partial charge in [-0.1, -0.05) is 32.0 Å². The molecule has 0 unspecified atom stereocenters. The lowest BCUT2D eigenvalue weighted by atomic mass is 9.92. The van der Waals surface area contributed by atoms with Gasteiger partial charge in [0.25, 0.3) is 17.7 Å². The van der Waals surface area contributed by atoms with Gasteiger partial charge in [-0.3, -0.25) is 19.2 Å². The number of aliphatic hydroxyl groups excluding tert-OH is 2. The van der Waals surface area contributed by atoms with Crippen molar-refractivity contribution < 1.29 is 38.2 Å². The van der Waals surface area contributed by atoms with E-state index in [-0.39, 0.29) is 27.8 Å². The molecule has 0 saturated heterocycles. The van der Waals surface area contributed by atoms with Gasteiger partial charge in [-0.15, -0.1) is 0 Å². The van der Waals surface area contributed by atoms with Gasteiger partial charge >= 0.3 is 0 Å². The van der Waals surface area contributed by atoms with Crippen LogP contribution < -0.4 is 16.4 Å². The summed E-state index contributed by atoms with van der Waals surface area (Å²) in [6, 6.07) is 13.2. The Labute approximate surface area is 277 Å². The van der Waals surface area contributed by atoms with E-state index in [0.717, 1.165) is 18.2 Å². The van der Waals surface area contributed by atoms with Crippen LogP contribution >= 0.6 is 0 Å². The molecule has 11 nitrogen and oxygen atoms in total. The number of nitrogens with two attached hydrogens (primary N) is 1. The SMILES string of the molecule is CCCN(CCC)C(=O)c1cc(C(N)=O)cc(C(=O)N[C@H](Cc2cc(F)cc(F)c2)[C@@H](O)[C@H](O)[C@H](CC#N)NC(=O)c2ccccc2)c1. The highest BCUT2D eigenvalue weighted by Crippen LogP contribution is 2.19. The third-order valence-electron chi connectivity index (χ3n) is 7.53. The molecule has 254 valence electrons. The summed E-state index contributed by atoms with van der Waals surface area (Å²) in [5.74, 6) is -4.76.